The fraction of sp³-hybridized carbons (Fsp3) is 0.727. The minimum Gasteiger partial charge on any atom is -0.465 e. The first-order chi connectivity index (χ1) is 7.81. The summed E-state index contributed by atoms with van der Waals surface area (Å²) in [7, 11) is 1.42. The Morgan fingerprint density at radius 1 is 1.35 bits per heavy atom. The molecule has 0 aliphatic rings. The number of carbonyl (C=O) groups is 2. The van der Waals surface area contributed by atoms with E-state index < -0.39 is 18.2 Å². The van der Waals surface area contributed by atoms with Crippen LogP contribution in [0.15, 0.2) is 0 Å². The standard InChI is InChI=1S/C11H19N3O3/c1-8(2)5-6-14(11(16)17)10(15)13(4)9(3)7-12/h8-9H,5-6H2,1-4H3,(H,16,17)/t9-/m1/s1. The maximum Gasteiger partial charge on any atom is 0.415 e. The molecule has 6 nitrogen and oxygen atoms in total. The van der Waals surface area contributed by atoms with E-state index in [0.29, 0.717) is 12.3 Å². The van der Waals surface area contributed by atoms with Gasteiger partial charge in [-0.2, -0.15) is 5.26 Å². The second-order valence-electron chi connectivity index (χ2n) is 4.32. The third-order valence-electron chi connectivity index (χ3n) is 2.46. The van der Waals surface area contributed by atoms with Crippen molar-refractivity contribution in [1.29, 1.82) is 5.26 Å². The van der Waals surface area contributed by atoms with Gasteiger partial charge in [-0.3, -0.25) is 0 Å². The van der Waals surface area contributed by atoms with Gasteiger partial charge in [0, 0.05) is 13.6 Å². The Morgan fingerprint density at radius 2 is 1.88 bits per heavy atom. The average Bonchev–Trinajstić information content (AvgIpc) is 2.25. The summed E-state index contributed by atoms with van der Waals surface area (Å²) in [6.45, 7) is 5.59. The summed E-state index contributed by atoms with van der Waals surface area (Å²) in [5.41, 5.74) is 0. The highest BCUT2D eigenvalue weighted by Gasteiger charge is 2.26. The number of hydrogen-bond donors (Lipinski definition) is 1. The van der Waals surface area contributed by atoms with Gasteiger partial charge in [0.05, 0.1) is 6.07 Å². The topological polar surface area (TPSA) is 84.6 Å². The lowest BCUT2D eigenvalue weighted by molar-refractivity contribution is 0.128. The molecule has 0 aliphatic carbocycles. The summed E-state index contributed by atoms with van der Waals surface area (Å²) >= 11 is 0. The van der Waals surface area contributed by atoms with Gasteiger partial charge in [0.1, 0.15) is 6.04 Å². The van der Waals surface area contributed by atoms with Gasteiger partial charge < -0.3 is 10.0 Å². The Hall–Kier alpha value is -1.77. The van der Waals surface area contributed by atoms with E-state index in [1.54, 1.807) is 6.92 Å². The monoisotopic (exact) mass is 241 g/mol. The van der Waals surface area contributed by atoms with Crippen molar-refractivity contribution in [3.05, 3.63) is 0 Å². The zero-order valence-electron chi connectivity index (χ0n) is 10.7. The van der Waals surface area contributed by atoms with Crippen molar-refractivity contribution in [3.8, 4) is 6.07 Å². The van der Waals surface area contributed by atoms with E-state index in [-0.39, 0.29) is 6.54 Å². The van der Waals surface area contributed by atoms with Gasteiger partial charge in [-0.05, 0) is 19.3 Å². The molecular weight excluding hydrogens is 222 g/mol. The summed E-state index contributed by atoms with van der Waals surface area (Å²) in [4.78, 5) is 24.6. The minimum absolute atomic E-state index is 0.147. The summed E-state index contributed by atoms with van der Waals surface area (Å²) in [5, 5.41) is 17.6. The molecule has 1 N–H and O–H groups in total. The molecule has 0 saturated carbocycles. The lowest BCUT2D eigenvalue weighted by atomic mass is 10.1. The molecule has 0 unspecified atom stereocenters. The minimum atomic E-state index is -1.28. The van der Waals surface area contributed by atoms with Crippen LogP contribution in [0.1, 0.15) is 27.2 Å². The van der Waals surface area contributed by atoms with Crippen LogP contribution in [0.3, 0.4) is 0 Å². The molecular formula is C11H19N3O3. The van der Waals surface area contributed by atoms with E-state index >= 15 is 0 Å². The highest BCUT2D eigenvalue weighted by Crippen LogP contribution is 2.07. The van der Waals surface area contributed by atoms with E-state index in [1.807, 2.05) is 19.9 Å². The molecule has 0 bridgehead atoms. The normalized spacial score (nSPS) is 11.8. The molecule has 6 heteroatoms. The van der Waals surface area contributed by atoms with Crippen molar-refractivity contribution >= 4 is 12.1 Å². The van der Waals surface area contributed by atoms with Gasteiger partial charge >= 0.3 is 12.1 Å². The van der Waals surface area contributed by atoms with Crippen LogP contribution in [0, 0.1) is 17.2 Å². The molecule has 0 aliphatic heterocycles. The first-order valence-corrected chi connectivity index (χ1v) is 5.48. The number of rotatable bonds is 4. The van der Waals surface area contributed by atoms with E-state index in [4.69, 9.17) is 10.4 Å². The number of nitrogens with zero attached hydrogens (tertiary/aromatic N) is 3. The van der Waals surface area contributed by atoms with Crippen molar-refractivity contribution < 1.29 is 14.7 Å². The zero-order chi connectivity index (χ0) is 13.6. The number of nitriles is 1. The van der Waals surface area contributed by atoms with Crippen LogP contribution >= 0.6 is 0 Å². The van der Waals surface area contributed by atoms with Crippen LogP contribution in [0.4, 0.5) is 9.59 Å². The third-order valence-corrected chi connectivity index (χ3v) is 2.46. The molecule has 0 aromatic heterocycles. The van der Waals surface area contributed by atoms with Crippen LogP contribution in [0.5, 0.6) is 0 Å². The molecule has 0 rings (SSSR count). The van der Waals surface area contributed by atoms with Crippen molar-refractivity contribution in [2.45, 2.75) is 33.2 Å². The van der Waals surface area contributed by atoms with Crippen LogP contribution < -0.4 is 0 Å². The third kappa shape index (κ3) is 4.72. The largest absolute Gasteiger partial charge is 0.465 e. The Kier molecular flexibility index (Phi) is 6.03. The van der Waals surface area contributed by atoms with E-state index in [0.717, 1.165) is 9.80 Å². The summed E-state index contributed by atoms with van der Waals surface area (Å²) in [5.74, 6) is 0.309. The maximum absolute atomic E-state index is 11.8. The van der Waals surface area contributed by atoms with Crippen molar-refractivity contribution in [2.75, 3.05) is 13.6 Å². The maximum atomic E-state index is 11.8. The van der Waals surface area contributed by atoms with E-state index in [2.05, 4.69) is 0 Å². The molecule has 0 radical (unpaired) electrons. The molecule has 0 saturated heterocycles. The van der Waals surface area contributed by atoms with Crippen LogP contribution in [-0.4, -0.2) is 46.7 Å². The molecule has 0 aromatic rings. The smallest absolute Gasteiger partial charge is 0.415 e. The summed E-state index contributed by atoms with van der Waals surface area (Å²) in [6, 6.07) is 0.580. The van der Waals surface area contributed by atoms with Gasteiger partial charge in [-0.15, -0.1) is 0 Å². The van der Waals surface area contributed by atoms with E-state index in [9.17, 15) is 9.59 Å². The zero-order valence-corrected chi connectivity index (χ0v) is 10.7. The molecule has 3 amide bonds. The number of imide groups is 1. The number of carboxylic acid groups (broad SMARTS) is 1. The van der Waals surface area contributed by atoms with E-state index in [1.165, 1.54) is 7.05 Å². The van der Waals surface area contributed by atoms with Gasteiger partial charge in [0.25, 0.3) is 0 Å². The lowest BCUT2D eigenvalue weighted by Crippen LogP contribution is -2.47. The number of urea groups is 1. The average molecular weight is 241 g/mol. The fourth-order valence-corrected chi connectivity index (χ4v) is 1.10. The molecule has 0 fully saturated rings. The second-order valence-corrected chi connectivity index (χ2v) is 4.32. The quantitative estimate of drug-likeness (QED) is 0.815. The second kappa shape index (κ2) is 6.74. The summed E-state index contributed by atoms with van der Waals surface area (Å²) < 4.78 is 0. The Balaban J connectivity index is 4.67. The van der Waals surface area contributed by atoms with Crippen molar-refractivity contribution in [1.82, 2.24) is 9.80 Å². The molecule has 1 atom stereocenters. The molecule has 0 heterocycles. The first kappa shape index (κ1) is 15.2. The SMILES string of the molecule is CC(C)CCN(C(=O)O)C(=O)N(C)[C@H](C)C#N. The van der Waals surface area contributed by atoms with Crippen LogP contribution in [0.25, 0.3) is 0 Å². The fourth-order valence-electron chi connectivity index (χ4n) is 1.10. The Labute approximate surface area is 101 Å². The molecule has 96 valence electrons. The highest BCUT2D eigenvalue weighted by atomic mass is 16.4. The Bertz CT molecular complexity index is 322. The Morgan fingerprint density at radius 3 is 2.24 bits per heavy atom. The number of carbonyl (C=O) groups excluding carboxylic acids is 1. The highest BCUT2D eigenvalue weighted by molar-refractivity contribution is 5.90. The van der Waals surface area contributed by atoms with Crippen LogP contribution in [0.2, 0.25) is 0 Å². The summed E-state index contributed by atoms with van der Waals surface area (Å²) in [6.07, 6.45) is -0.681. The lowest BCUT2D eigenvalue weighted by Gasteiger charge is -2.26. The van der Waals surface area contributed by atoms with Gasteiger partial charge in [0.2, 0.25) is 0 Å². The molecule has 0 aromatic carbocycles. The first-order valence-electron chi connectivity index (χ1n) is 5.48. The van der Waals surface area contributed by atoms with Gasteiger partial charge in [-0.25, -0.2) is 14.5 Å². The predicted molar refractivity (Wildman–Crippen MR) is 62.4 cm³/mol. The van der Waals surface area contributed by atoms with Crippen molar-refractivity contribution in [3.63, 3.8) is 0 Å². The van der Waals surface area contributed by atoms with Gasteiger partial charge in [-0.1, -0.05) is 13.8 Å². The molecule has 0 spiro atoms. The number of hydrogen-bond acceptors (Lipinski definition) is 3. The van der Waals surface area contributed by atoms with Crippen LogP contribution in [-0.2, 0) is 0 Å². The number of amides is 3. The van der Waals surface area contributed by atoms with Gasteiger partial charge in [0.15, 0.2) is 0 Å². The van der Waals surface area contributed by atoms with Crippen molar-refractivity contribution in [2.24, 2.45) is 5.92 Å². The molecule has 17 heavy (non-hydrogen) atoms. The predicted octanol–water partition coefficient (Wildman–Crippen LogP) is 1.98.